The fourth-order valence-electron chi connectivity index (χ4n) is 6.51. The highest BCUT2D eigenvalue weighted by molar-refractivity contribution is 5.76. The van der Waals surface area contributed by atoms with Gasteiger partial charge in [-0.1, -0.05) is 43.3 Å². The molecule has 2 fully saturated rings. The monoisotopic (exact) mass is 691 g/mol. The van der Waals surface area contributed by atoms with Crippen molar-refractivity contribution in [3.8, 4) is 16.9 Å². The Bertz CT molecular complexity index is 1560. The summed E-state index contributed by atoms with van der Waals surface area (Å²) in [6, 6.07) is 16.9. The van der Waals surface area contributed by atoms with Gasteiger partial charge in [0.1, 0.15) is 30.2 Å². The van der Waals surface area contributed by atoms with Gasteiger partial charge in [0, 0.05) is 49.6 Å². The second-order valence-corrected chi connectivity index (χ2v) is 14.0. The lowest BCUT2D eigenvalue weighted by molar-refractivity contribution is -0.140. The minimum atomic E-state index is -1.78. The predicted molar refractivity (Wildman–Crippen MR) is 189 cm³/mol. The summed E-state index contributed by atoms with van der Waals surface area (Å²) in [5.74, 6) is 0.804. The molecule has 1 aromatic heterocycles. The van der Waals surface area contributed by atoms with Crippen molar-refractivity contribution in [2.75, 3.05) is 26.3 Å². The van der Waals surface area contributed by atoms with E-state index in [-0.39, 0.29) is 43.5 Å². The van der Waals surface area contributed by atoms with E-state index in [9.17, 15) is 30.3 Å². The second kappa shape index (κ2) is 17.2. The van der Waals surface area contributed by atoms with Gasteiger partial charge in [0.2, 0.25) is 5.91 Å². The van der Waals surface area contributed by atoms with Crippen molar-refractivity contribution in [1.29, 1.82) is 0 Å². The van der Waals surface area contributed by atoms with Crippen molar-refractivity contribution in [3.05, 3.63) is 83.2 Å². The molecule has 2 aromatic carbocycles. The van der Waals surface area contributed by atoms with Crippen LogP contribution in [0.3, 0.4) is 0 Å². The summed E-state index contributed by atoms with van der Waals surface area (Å²) < 4.78 is 6.27. The van der Waals surface area contributed by atoms with Crippen LogP contribution in [0.5, 0.6) is 5.75 Å². The zero-order chi connectivity index (χ0) is 35.8. The van der Waals surface area contributed by atoms with Crippen molar-refractivity contribution >= 4 is 5.91 Å². The summed E-state index contributed by atoms with van der Waals surface area (Å²) in [6.07, 6.45) is 3.13. The number of pyridine rings is 1. The molecule has 0 spiro atoms. The van der Waals surface area contributed by atoms with E-state index in [0.717, 1.165) is 49.0 Å². The molecule has 1 amide bonds. The number of aryl methyl sites for hydroxylation is 1. The molecule has 2 aliphatic rings. The summed E-state index contributed by atoms with van der Waals surface area (Å²) in [5.41, 5.74) is 6.87. The molecule has 272 valence electrons. The van der Waals surface area contributed by atoms with E-state index in [4.69, 9.17) is 9.84 Å². The van der Waals surface area contributed by atoms with Gasteiger partial charge in [0.05, 0.1) is 19.3 Å². The molecule has 0 radical (unpaired) electrons. The summed E-state index contributed by atoms with van der Waals surface area (Å²) in [6.45, 7) is 3.45. The SMILES string of the molecule is Cc1ccc(C(C)CCCC(=O)N(CCO)C[C@H](O)[C@@H](O)[C@H](O)[C@H](O)CO)cc1CNC1(c2cnccc2-c2ccccc2OC2CC2)CC1. The van der Waals surface area contributed by atoms with Crippen LogP contribution in [-0.2, 0) is 16.9 Å². The van der Waals surface area contributed by atoms with Crippen LogP contribution in [0.1, 0.15) is 80.0 Å². The van der Waals surface area contributed by atoms with E-state index in [1.807, 2.05) is 18.5 Å². The first kappa shape index (κ1) is 37.8. The van der Waals surface area contributed by atoms with Gasteiger partial charge >= 0.3 is 0 Å². The van der Waals surface area contributed by atoms with Crippen molar-refractivity contribution in [2.24, 2.45) is 0 Å². The molecule has 7 N–H and O–H groups in total. The summed E-state index contributed by atoms with van der Waals surface area (Å²) >= 11 is 0. The van der Waals surface area contributed by atoms with Gasteiger partial charge in [-0.05, 0) is 91.3 Å². The molecule has 1 unspecified atom stereocenters. The lowest BCUT2D eigenvalue weighted by atomic mass is 9.91. The third-order valence-electron chi connectivity index (χ3n) is 10.1. The summed E-state index contributed by atoms with van der Waals surface area (Å²) in [5, 5.41) is 62.4. The number of nitrogens with zero attached hydrogens (tertiary/aromatic N) is 2. The van der Waals surface area contributed by atoms with Crippen LogP contribution in [0.25, 0.3) is 11.1 Å². The zero-order valence-corrected chi connectivity index (χ0v) is 29.1. The second-order valence-electron chi connectivity index (χ2n) is 14.0. The van der Waals surface area contributed by atoms with E-state index in [2.05, 4.69) is 66.6 Å². The van der Waals surface area contributed by atoms with Crippen LogP contribution in [0.2, 0.25) is 0 Å². The number of nitrogens with one attached hydrogen (secondary N) is 1. The van der Waals surface area contributed by atoms with Crippen molar-refractivity contribution < 1.29 is 40.2 Å². The van der Waals surface area contributed by atoms with Crippen LogP contribution in [0.15, 0.2) is 60.9 Å². The number of aliphatic hydroxyl groups is 6. The van der Waals surface area contributed by atoms with Crippen molar-refractivity contribution in [1.82, 2.24) is 15.2 Å². The number of amides is 1. The average molecular weight is 692 g/mol. The Hall–Kier alpha value is -3.42. The molecule has 2 saturated carbocycles. The fraction of sp³-hybridized carbons (Fsp3) is 0.538. The smallest absolute Gasteiger partial charge is 0.222 e. The van der Waals surface area contributed by atoms with Gasteiger partial charge in [0.15, 0.2) is 0 Å². The maximum Gasteiger partial charge on any atom is 0.222 e. The highest BCUT2D eigenvalue weighted by Crippen LogP contribution is 2.50. The zero-order valence-electron chi connectivity index (χ0n) is 29.1. The molecule has 50 heavy (non-hydrogen) atoms. The summed E-state index contributed by atoms with van der Waals surface area (Å²) in [4.78, 5) is 18.8. The largest absolute Gasteiger partial charge is 0.490 e. The normalized spacial score (nSPS) is 18.2. The van der Waals surface area contributed by atoms with Crippen LogP contribution < -0.4 is 10.1 Å². The van der Waals surface area contributed by atoms with Crippen LogP contribution >= 0.6 is 0 Å². The number of rotatable bonds is 20. The molecule has 0 saturated heterocycles. The Morgan fingerprint density at radius 2 is 1.76 bits per heavy atom. The van der Waals surface area contributed by atoms with Gasteiger partial charge < -0.3 is 45.6 Å². The van der Waals surface area contributed by atoms with Gasteiger partial charge in [-0.15, -0.1) is 0 Å². The Balaban J connectivity index is 1.18. The van der Waals surface area contributed by atoms with E-state index in [1.165, 1.54) is 27.2 Å². The Morgan fingerprint density at radius 3 is 2.46 bits per heavy atom. The number of aromatic nitrogens is 1. The number of carbonyl (C=O) groups excluding carboxylic acids is 1. The molecule has 1 heterocycles. The molecule has 0 aliphatic heterocycles. The molecule has 0 bridgehead atoms. The molecule has 3 aromatic rings. The Kier molecular flexibility index (Phi) is 13.0. The standard InChI is InChI=1S/C39H53N3O8/c1-25(6-5-9-36(47)42(18-19-43)23-33(45)37(48)38(49)34(46)24-44)27-11-10-26(2)28(20-27)21-41-39(15-16-39)32-22-40-17-14-30(32)31-7-3-4-8-35(31)50-29-12-13-29/h3-4,7-8,10-11,14,17,20,22,25,29,33-34,37-38,41,43-46,48-49H,5-6,9,12-13,15-16,18-19,21,23-24H2,1-2H3/t25?,33-,34+,37+,38+/m0/s1. The van der Waals surface area contributed by atoms with Crippen molar-refractivity contribution in [3.63, 3.8) is 0 Å². The first-order valence-corrected chi connectivity index (χ1v) is 17.8. The minimum absolute atomic E-state index is 0.0477. The quantitative estimate of drug-likeness (QED) is 0.0933. The van der Waals surface area contributed by atoms with E-state index in [1.54, 1.807) is 0 Å². The van der Waals surface area contributed by atoms with Crippen LogP contribution in [-0.4, -0.2) is 103 Å². The molecule has 2 aliphatic carbocycles. The first-order chi connectivity index (χ1) is 24.1. The molecule has 11 nitrogen and oxygen atoms in total. The average Bonchev–Trinajstić information content (AvgIpc) is 4.08. The molecule has 11 heteroatoms. The highest BCUT2D eigenvalue weighted by atomic mass is 16.5. The Labute approximate surface area is 294 Å². The molecule has 5 atom stereocenters. The highest BCUT2D eigenvalue weighted by Gasteiger charge is 2.46. The molecular formula is C39H53N3O8. The number of benzene rings is 2. The lowest BCUT2D eigenvalue weighted by Gasteiger charge is -2.30. The third kappa shape index (κ3) is 9.46. The number of carbonyl (C=O) groups is 1. The first-order valence-electron chi connectivity index (χ1n) is 17.8. The van der Waals surface area contributed by atoms with Crippen LogP contribution in [0, 0.1) is 6.92 Å². The number of aliphatic hydroxyl groups excluding tert-OH is 6. The van der Waals surface area contributed by atoms with Crippen molar-refractivity contribution in [2.45, 2.75) is 107 Å². The topological polar surface area (TPSA) is 176 Å². The number of hydrogen-bond acceptors (Lipinski definition) is 10. The number of para-hydroxylation sites is 1. The summed E-state index contributed by atoms with van der Waals surface area (Å²) in [7, 11) is 0. The minimum Gasteiger partial charge on any atom is -0.490 e. The van der Waals surface area contributed by atoms with Crippen LogP contribution in [0.4, 0.5) is 0 Å². The van der Waals surface area contributed by atoms with E-state index < -0.39 is 31.0 Å². The van der Waals surface area contributed by atoms with E-state index in [0.29, 0.717) is 19.1 Å². The predicted octanol–water partition coefficient (Wildman–Crippen LogP) is 2.91. The maximum absolute atomic E-state index is 13.0. The van der Waals surface area contributed by atoms with Gasteiger partial charge in [-0.3, -0.25) is 9.78 Å². The van der Waals surface area contributed by atoms with Gasteiger partial charge in [-0.2, -0.15) is 0 Å². The fourth-order valence-corrected chi connectivity index (χ4v) is 6.51. The van der Waals surface area contributed by atoms with Gasteiger partial charge in [0.25, 0.3) is 0 Å². The molecule has 5 rings (SSSR count). The lowest BCUT2D eigenvalue weighted by Crippen LogP contribution is -2.51. The number of hydrogen-bond donors (Lipinski definition) is 7. The third-order valence-corrected chi connectivity index (χ3v) is 10.1. The maximum atomic E-state index is 13.0. The number of ether oxygens (including phenoxy) is 1. The molecular weight excluding hydrogens is 638 g/mol. The Morgan fingerprint density at radius 1 is 1.02 bits per heavy atom. The van der Waals surface area contributed by atoms with Gasteiger partial charge in [-0.25, -0.2) is 0 Å². The van der Waals surface area contributed by atoms with E-state index >= 15 is 0 Å².